The van der Waals surface area contributed by atoms with Gasteiger partial charge in [0.2, 0.25) is 0 Å². The van der Waals surface area contributed by atoms with Crippen molar-refractivity contribution in [2.24, 2.45) is 0 Å². The van der Waals surface area contributed by atoms with E-state index >= 15 is 0 Å². The van der Waals surface area contributed by atoms with Gasteiger partial charge in [-0.25, -0.2) is 0 Å². The molecule has 3 rings (SSSR count). The van der Waals surface area contributed by atoms with E-state index in [9.17, 15) is 0 Å². The molecule has 20 heavy (non-hydrogen) atoms. The average molecular weight is 266 g/mol. The number of benzene rings is 2. The van der Waals surface area contributed by atoms with Crippen molar-refractivity contribution >= 4 is 11.4 Å². The Bertz CT molecular complexity index is 597. The van der Waals surface area contributed by atoms with Crippen LogP contribution in [0, 0.1) is 13.8 Å². The summed E-state index contributed by atoms with van der Waals surface area (Å²) >= 11 is 0. The molecule has 2 aromatic carbocycles. The average Bonchev–Trinajstić information content (AvgIpc) is 2.44. The van der Waals surface area contributed by atoms with Gasteiger partial charge in [0.1, 0.15) is 0 Å². The van der Waals surface area contributed by atoms with Gasteiger partial charge < -0.3 is 10.6 Å². The Labute approximate surface area is 121 Å². The lowest BCUT2D eigenvalue weighted by molar-refractivity contribution is 0.825. The normalized spacial score (nSPS) is 13.5. The van der Waals surface area contributed by atoms with Crippen LogP contribution in [0.25, 0.3) is 0 Å². The largest absolute Gasteiger partial charge is 0.385 e. The quantitative estimate of drug-likeness (QED) is 0.866. The molecule has 104 valence electrons. The Balaban J connectivity index is 1.78. The summed E-state index contributed by atoms with van der Waals surface area (Å²) in [6.07, 6.45) is 2.43. The van der Waals surface area contributed by atoms with Gasteiger partial charge in [-0.1, -0.05) is 24.3 Å². The van der Waals surface area contributed by atoms with Gasteiger partial charge in [-0.3, -0.25) is 0 Å². The molecular formula is C18H22N2. The number of rotatable bonds is 3. The summed E-state index contributed by atoms with van der Waals surface area (Å²) in [6.45, 7) is 6.25. The molecule has 1 aliphatic heterocycles. The Kier molecular flexibility index (Phi) is 3.64. The molecule has 2 heteroatoms. The lowest BCUT2D eigenvalue weighted by Crippen LogP contribution is -2.15. The van der Waals surface area contributed by atoms with Gasteiger partial charge in [-0.05, 0) is 61.1 Å². The lowest BCUT2D eigenvalue weighted by atomic mass is 9.99. The molecule has 0 saturated heterocycles. The number of fused-ring (bicyclic) bond motifs is 1. The summed E-state index contributed by atoms with van der Waals surface area (Å²) in [5.74, 6) is 0. The van der Waals surface area contributed by atoms with Crippen molar-refractivity contribution in [3.8, 4) is 0 Å². The molecule has 2 N–H and O–H groups in total. The highest BCUT2D eigenvalue weighted by Gasteiger charge is 2.11. The van der Waals surface area contributed by atoms with E-state index in [-0.39, 0.29) is 0 Å². The Morgan fingerprint density at radius 3 is 2.70 bits per heavy atom. The van der Waals surface area contributed by atoms with Gasteiger partial charge in [0.25, 0.3) is 0 Å². The third-order valence-corrected chi connectivity index (χ3v) is 3.87. The van der Waals surface area contributed by atoms with E-state index in [4.69, 9.17) is 0 Å². The van der Waals surface area contributed by atoms with Crippen molar-refractivity contribution in [3.63, 3.8) is 0 Å². The first-order chi connectivity index (χ1) is 9.72. The highest BCUT2D eigenvalue weighted by atomic mass is 14.9. The molecule has 0 spiro atoms. The molecule has 1 heterocycles. The number of aryl methyl sites for hydroxylation is 3. The number of hydrogen-bond donors (Lipinski definition) is 2. The minimum Gasteiger partial charge on any atom is -0.385 e. The van der Waals surface area contributed by atoms with Gasteiger partial charge in [0.05, 0.1) is 0 Å². The van der Waals surface area contributed by atoms with Crippen molar-refractivity contribution < 1.29 is 0 Å². The zero-order chi connectivity index (χ0) is 13.9. The van der Waals surface area contributed by atoms with Crippen LogP contribution in [0.1, 0.15) is 28.7 Å². The van der Waals surface area contributed by atoms with E-state index in [0.29, 0.717) is 0 Å². The molecule has 0 amide bonds. The standard InChI is InChI=1S/C18H22N2/c1-13-9-14(2)11-17(10-13)20-12-16-6-3-5-15-7-4-8-19-18(15)16/h3,5-6,9-11,19-20H,4,7-8,12H2,1-2H3. The molecule has 0 radical (unpaired) electrons. The summed E-state index contributed by atoms with van der Waals surface area (Å²) < 4.78 is 0. The molecule has 0 aliphatic carbocycles. The van der Waals surface area contributed by atoms with Gasteiger partial charge in [-0.2, -0.15) is 0 Å². The SMILES string of the molecule is Cc1cc(C)cc(NCc2cccc3c2NCCC3)c1. The van der Waals surface area contributed by atoms with Crippen molar-refractivity contribution in [1.82, 2.24) is 0 Å². The smallest absolute Gasteiger partial charge is 0.0423 e. The Hall–Kier alpha value is -1.96. The maximum absolute atomic E-state index is 3.55. The number of para-hydroxylation sites is 1. The minimum absolute atomic E-state index is 0.874. The summed E-state index contributed by atoms with van der Waals surface area (Å²) in [6, 6.07) is 13.2. The van der Waals surface area contributed by atoms with E-state index in [1.165, 1.54) is 46.5 Å². The Morgan fingerprint density at radius 1 is 1.10 bits per heavy atom. The molecule has 0 saturated carbocycles. The van der Waals surface area contributed by atoms with Crippen LogP contribution in [0.4, 0.5) is 11.4 Å². The summed E-state index contributed by atoms with van der Waals surface area (Å²) in [5.41, 5.74) is 7.98. The molecular weight excluding hydrogens is 244 g/mol. The fraction of sp³-hybridized carbons (Fsp3) is 0.333. The van der Waals surface area contributed by atoms with E-state index in [0.717, 1.165) is 13.1 Å². The van der Waals surface area contributed by atoms with Crippen LogP contribution in [-0.4, -0.2) is 6.54 Å². The molecule has 0 aromatic heterocycles. The van der Waals surface area contributed by atoms with Crippen molar-refractivity contribution in [1.29, 1.82) is 0 Å². The van der Waals surface area contributed by atoms with Crippen molar-refractivity contribution in [2.75, 3.05) is 17.2 Å². The van der Waals surface area contributed by atoms with Crippen LogP contribution < -0.4 is 10.6 Å². The zero-order valence-corrected chi connectivity index (χ0v) is 12.3. The lowest BCUT2D eigenvalue weighted by Gasteiger charge is -2.21. The first-order valence-corrected chi connectivity index (χ1v) is 7.39. The van der Waals surface area contributed by atoms with Gasteiger partial charge in [0, 0.05) is 24.5 Å². The molecule has 0 atom stereocenters. The third kappa shape index (κ3) is 2.79. The van der Waals surface area contributed by atoms with Crippen LogP contribution >= 0.6 is 0 Å². The van der Waals surface area contributed by atoms with E-state index in [1.807, 2.05) is 0 Å². The predicted molar refractivity (Wildman–Crippen MR) is 86.5 cm³/mol. The second-order valence-corrected chi connectivity index (χ2v) is 5.71. The highest BCUT2D eigenvalue weighted by molar-refractivity contribution is 5.60. The van der Waals surface area contributed by atoms with E-state index < -0.39 is 0 Å². The second-order valence-electron chi connectivity index (χ2n) is 5.71. The van der Waals surface area contributed by atoms with Crippen molar-refractivity contribution in [2.45, 2.75) is 33.2 Å². The number of hydrogen-bond acceptors (Lipinski definition) is 2. The van der Waals surface area contributed by atoms with Crippen LogP contribution in [-0.2, 0) is 13.0 Å². The first kappa shape index (κ1) is 13.0. The van der Waals surface area contributed by atoms with E-state index in [1.54, 1.807) is 0 Å². The van der Waals surface area contributed by atoms with Crippen molar-refractivity contribution in [3.05, 3.63) is 58.7 Å². The fourth-order valence-electron chi connectivity index (χ4n) is 3.00. The zero-order valence-electron chi connectivity index (χ0n) is 12.3. The predicted octanol–water partition coefficient (Wildman–Crippen LogP) is 4.27. The summed E-state index contributed by atoms with van der Waals surface area (Å²) in [7, 11) is 0. The topological polar surface area (TPSA) is 24.1 Å². The van der Waals surface area contributed by atoms with Crippen LogP contribution in [0.15, 0.2) is 36.4 Å². The Morgan fingerprint density at radius 2 is 1.90 bits per heavy atom. The molecule has 0 fully saturated rings. The van der Waals surface area contributed by atoms with Gasteiger partial charge >= 0.3 is 0 Å². The molecule has 0 bridgehead atoms. The van der Waals surface area contributed by atoms with Gasteiger partial charge in [0.15, 0.2) is 0 Å². The monoisotopic (exact) mass is 266 g/mol. The van der Waals surface area contributed by atoms with E-state index in [2.05, 4.69) is 60.9 Å². The number of nitrogens with one attached hydrogen (secondary N) is 2. The summed E-state index contributed by atoms with van der Waals surface area (Å²) in [4.78, 5) is 0. The third-order valence-electron chi connectivity index (χ3n) is 3.87. The highest BCUT2D eigenvalue weighted by Crippen LogP contribution is 2.26. The van der Waals surface area contributed by atoms with Crippen LogP contribution in [0.5, 0.6) is 0 Å². The number of anilines is 2. The van der Waals surface area contributed by atoms with Crippen LogP contribution in [0.2, 0.25) is 0 Å². The first-order valence-electron chi connectivity index (χ1n) is 7.39. The summed E-state index contributed by atoms with van der Waals surface area (Å²) in [5, 5.41) is 7.10. The molecule has 1 aliphatic rings. The maximum atomic E-state index is 3.55. The molecule has 0 unspecified atom stereocenters. The molecule has 2 nitrogen and oxygen atoms in total. The van der Waals surface area contributed by atoms with Gasteiger partial charge in [-0.15, -0.1) is 0 Å². The maximum Gasteiger partial charge on any atom is 0.0423 e. The fourth-order valence-corrected chi connectivity index (χ4v) is 3.00. The van der Waals surface area contributed by atoms with Crippen LogP contribution in [0.3, 0.4) is 0 Å². The molecule has 2 aromatic rings. The minimum atomic E-state index is 0.874. The second kappa shape index (κ2) is 5.58.